The van der Waals surface area contributed by atoms with E-state index in [-0.39, 0.29) is 23.0 Å². The van der Waals surface area contributed by atoms with E-state index in [0.717, 1.165) is 5.56 Å². The molecule has 0 radical (unpaired) electrons. The maximum Gasteiger partial charge on any atom is 0.269 e. The van der Waals surface area contributed by atoms with Gasteiger partial charge < -0.3 is 4.74 Å². The van der Waals surface area contributed by atoms with Crippen LogP contribution in [-0.4, -0.2) is 33.8 Å². The van der Waals surface area contributed by atoms with E-state index in [9.17, 15) is 19.7 Å². The number of benzene rings is 2. The van der Waals surface area contributed by atoms with E-state index in [1.807, 2.05) is 0 Å². The molecular formula is C19H13Br2N3O5S. The van der Waals surface area contributed by atoms with E-state index >= 15 is 0 Å². The van der Waals surface area contributed by atoms with Gasteiger partial charge in [0.15, 0.2) is 5.11 Å². The number of hydrogen-bond acceptors (Lipinski definition) is 6. The Labute approximate surface area is 193 Å². The lowest BCUT2D eigenvalue weighted by Crippen LogP contribution is -2.52. The van der Waals surface area contributed by atoms with Crippen LogP contribution in [0.3, 0.4) is 0 Å². The number of hydrogen-bond donors (Lipinski definition) is 1. The molecule has 1 saturated heterocycles. The second kappa shape index (κ2) is 9.02. The van der Waals surface area contributed by atoms with Gasteiger partial charge in [0.1, 0.15) is 17.9 Å². The maximum absolute atomic E-state index is 12.3. The highest BCUT2D eigenvalue weighted by molar-refractivity contribution is 9.11. The first-order valence-corrected chi connectivity index (χ1v) is 10.4. The van der Waals surface area contributed by atoms with Crippen LogP contribution in [-0.2, 0) is 16.2 Å². The minimum atomic E-state index is -0.561. The summed E-state index contributed by atoms with van der Waals surface area (Å²) in [6.45, 7) is 0.193. The van der Waals surface area contributed by atoms with Gasteiger partial charge in [-0.1, -0.05) is 0 Å². The van der Waals surface area contributed by atoms with Gasteiger partial charge in [0.2, 0.25) is 0 Å². The van der Waals surface area contributed by atoms with Gasteiger partial charge in [-0.2, -0.15) is 0 Å². The number of nitrogens with zero attached hydrogens (tertiary/aromatic N) is 2. The highest BCUT2D eigenvalue weighted by Gasteiger charge is 2.30. The summed E-state index contributed by atoms with van der Waals surface area (Å²) >= 11 is 11.8. The van der Waals surface area contributed by atoms with E-state index in [1.54, 1.807) is 24.3 Å². The summed E-state index contributed by atoms with van der Waals surface area (Å²) in [5.74, 6) is -0.545. The first kappa shape index (κ1) is 22.1. The number of carbonyl (C=O) groups excluding carboxylic acids is 2. The number of thiocarbonyl (C=S) groups is 1. The van der Waals surface area contributed by atoms with E-state index in [0.29, 0.717) is 20.3 Å². The van der Waals surface area contributed by atoms with Crippen molar-refractivity contribution in [1.29, 1.82) is 0 Å². The molecule has 2 aromatic rings. The summed E-state index contributed by atoms with van der Waals surface area (Å²) in [6.07, 6.45) is 1.46. The van der Waals surface area contributed by atoms with Crippen molar-refractivity contribution in [2.75, 3.05) is 7.05 Å². The van der Waals surface area contributed by atoms with E-state index in [4.69, 9.17) is 17.0 Å². The van der Waals surface area contributed by atoms with Crippen LogP contribution in [0.25, 0.3) is 6.08 Å². The number of likely N-dealkylation sites (N-methyl/N-ethyl adjacent to an activating group) is 1. The van der Waals surface area contributed by atoms with Crippen LogP contribution in [0, 0.1) is 10.1 Å². The molecule has 8 nitrogen and oxygen atoms in total. The van der Waals surface area contributed by atoms with Gasteiger partial charge in [-0.3, -0.25) is 29.9 Å². The van der Waals surface area contributed by atoms with Crippen LogP contribution < -0.4 is 10.1 Å². The standard InChI is InChI=1S/C19H13Br2N3O5S/c1-23-18(26)13(17(25)22-19(23)30)6-11-7-14(20)16(15(21)8-11)29-9-10-2-4-12(5-3-10)24(27)28/h2-8H,9H2,1H3,(H,22,25,30)/b13-6+. The summed E-state index contributed by atoms with van der Waals surface area (Å²) in [5.41, 5.74) is 1.32. The zero-order valence-corrected chi connectivity index (χ0v) is 19.3. The minimum Gasteiger partial charge on any atom is -0.487 e. The fourth-order valence-electron chi connectivity index (χ4n) is 2.58. The van der Waals surface area contributed by atoms with Crippen molar-refractivity contribution in [2.45, 2.75) is 6.61 Å². The quantitative estimate of drug-likeness (QED) is 0.197. The Balaban J connectivity index is 1.80. The minimum absolute atomic E-state index is 0.00575. The zero-order valence-electron chi connectivity index (χ0n) is 15.3. The number of non-ortho nitro benzene ring substituents is 1. The third-order valence-electron chi connectivity index (χ3n) is 4.17. The van der Waals surface area contributed by atoms with Crippen molar-refractivity contribution in [3.05, 3.63) is 72.2 Å². The Morgan fingerprint density at radius 3 is 2.37 bits per heavy atom. The molecule has 0 saturated carbocycles. The number of ether oxygens (including phenoxy) is 1. The summed E-state index contributed by atoms with van der Waals surface area (Å²) in [5, 5.41) is 13.2. The fourth-order valence-corrected chi connectivity index (χ4v) is 4.21. The fraction of sp³-hybridized carbons (Fsp3) is 0.105. The number of amides is 2. The lowest BCUT2D eigenvalue weighted by Gasteiger charge is -2.25. The van der Waals surface area contributed by atoms with Crippen LogP contribution in [0.5, 0.6) is 5.75 Å². The molecule has 1 fully saturated rings. The van der Waals surface area contributed by atoms with E-state index < -0.39 is 16.7 Å². The second-order valence-electron chi connectivity index (χ2n) is 6.21. The van der Waals surface area contributed by atoms with Crippen LogP contribution in [0.2, 0.25) is 0 Å². The number of nitrogens with one attached hydrogen (secondary N) is 1. The Morgan fingerprint density at radius 1 is 1.20 bits per heavy atom. The summed E-state index contributed by atoms with van der Waals surface area (Å²) < 4.78 is 7.01. The van der Waals surface area contributed by atoms with Crippen LogP contribution in [0.15, 0.2) is 50.9 Å². The molecule has 2 amide bonds. The molecule has 3 rings (SSSR count). The zero-order chi connectivity index (χ0) is 22.0. The second-order valence-corrected chi connectivity index (χ2v) is 8.30. The normalized spacial score (nSPS) is 15.4. The van der Waals surface area contributed by atoms with Gasteiger partial charge in [-0.15, -0.1) is 0 Å². The Kier molecular flexibility index (Phi) is 6.64. The number of nitro benzene ring substituents is 1. The van der Waals surface area contributed by atoms with Gasteiger partial charge >= 0.3 is 0 Å². The van der Waals surface area contributed by atoms with Gasteiger partial charge in [0, 0.05) is 19.2 Å². The molecule has 0 bridgehead atoms. The number of halogens is 2. The third kappa shape index (κ3) is 4.74. The lowest BCUT2D eigenvalue weighted by atomic mass is 10.1. The topological polar surface area (TPSA) is 102 Å². The third-order valence-corrected chi connectivity index (χ3v) is 5.72. The molecule has 2 aromatic carbocycles. The molecular weight excluding hydrogens is 542 g/mol. The van der Waals surface area contributed by atoms with Crippen molar-refractivity contribution in [3.8, 4) is 5.75 Å². The summed E-state index contributed by atoms with van der Waals surface area (Å²) in [7, 11) is 1.49. The van der Waals surface area contributed by atoms with Gasteiger partial charge in [0.05, 0.1) is 13.9 Å². The molecule has 1 heterocycles. The van der Waals surface area contributed by atoms with E-state index in [1.165, 1.54) is 30.2 Å². The van der Waals surface area contributed by atoms with Gasteiger partial charge in [0.25, 0.3) is 17.5 Å². The van der Waals surface area contributed by atoms with Crippen molar-refractivity contribution in [1.82, 2.24) is 10.2 Å². The maximum atomic E-state index is 12.3. The molecule has 30 heavy (non-hydrogen) atoms. The molecule has 0 spiro atoms. The van der Waals surface area contributed by atoms with Crippen molar-refractivity contribution in [3.63, 3.8) is 0 Å². The van der Waals surface area contributed by atoms with Crippen molar-refractivity contribution >= 4 is 72.8 Å². The molecule has 11 heteroatoms. The number of rotatable bonds is 5. The SMILES string of the molecule is CN1C(=O)/C(=C/c2cc(Br)c(OCc3ccc([N+](=O)[O-])cc3)c(Br)c2)C(=O)NC1=S. The molecule has 0 aromatic heterocycles. The average Bonchev–Trinajstić information content (AvgIpc) is 2.69. The van der Waals surface area contributed by atoms with Crippen LogP contribution in [0.4, 0.5) is 5.69 Å². The largest absolute Gasteiger partial charge is 0.487 e. The summed E-state index contributed by atoms with van der Waals surface area (Å²) in [6, 6.07) is 9.47. The lowest BCUT2D eigenvalue weighted by molar-refractivity contribution is -0.384. The Morgan fingerprint density at radius 2 is 1.80 bits per heavy atom. The van der Waals surface area contributed by atoms with Gasteiger partial charge in [-0.05, 0) is 85.5 Å². The molecule has 0 unspecified atom stereocenters. The molecule has 0 atom stereocenters. The molecule has 154 valence electrons. The molecule has 1 N–H and O–H groups in total. The number of nitro groups is 1. The van der Waals surface area contributed by atoms with Crippen molar-refractivity contribution < 1.29 is 19.2 Å². The smallest absolute Gasteiger partial charge is 0.269 e. The molecule has 1 aliphatic heterocycles. The van der Waals surface area contributed by atoms with Crippen LogP contribution in [0.1, 0.15) is 11.1 Å². The van der Waals surface area contributed by atoms with Crippen LogP contribution >= 0.6 is 44.1 Å². The monoisotopic (exact) mass is 553 g/mol. The predicted octanol–water partition coefficient (Wildman–Crippen LogP) is 3.96. The van der Waals surface area contributed by atoms with E-state index in [2.05, 4.69) is 37.2 Å². The average molecular weight is 555 g/mol. The Bertz CT molecular complexity index is 1080. The predicted molar refractivity (Wildman–Crippen MR) is 121 cm³/mol. The number of carbonyl (C=O) groups is 2. The first-order chi connectivity index (χ1) is 14.2. The highest BCUT2D eigenvalue weighted by Crippen LogP contribution is 2.36. The van der Waals surface area contributed by atoms with Crippen molar-refractivity contribution in [2.24, 2.45) is 0 Å². The van der Waals surface area contributed by atoms with Gasteiger partial charge in [-0.25, -0.2) is 0 Å². The molecule has 1 aliphatic rings. The first-order valence-electron chi connectivity index (χ1n) is 8.37. The summed E-state index contributed by atoms with van der Waals surface area (Å²) in [4.78, 5) is 35.9. The Hall–Kier alpha value is -2.63. The molecule has 0 aliphatic carbocycles. The highest BCUT2D eigenvalue weighted by atomic mass is 79.9.